The highest BCUT2D eigenvalue weighted by atomic mass is 19.4. The minimum atomic E-state index is -4.21. The molecule has 2 aliphatic carbocycles. The Labute approximate surface area is 120 Å². The van der Waals surface area contributed by atoms with Crippen LogP contribution in [0.15, 0.2) is 18.3 Å². The molecule has 1 N–H and O–H groups in total. The average molecular weight is 298 g/mol. The maximum Gasteiger partial charge on any atom is 0.399 e. The molecule has 3 fully saturated rings. The molecule has 0 bridgehead atoms. The quantitative estimate of drug-likeness (QED) is 0.932. The molecule has 1 aliphatic heterocycles. The number of ether oxygens (including phenoxy) is 1. The van der Waals surface area contributed by atoms with Crippen molar-refractivity contribution < 1.29 is 17.9 Å². The third-order valence-electron chi connectivity index (χ3n) is 5.14. The van der Waals surface area contributed by atoms with Gasteiger partial charge in [-0.05, 0) is 37.8 Å². The Morgan fingerprint density at radius 2 is 1.90 bits per heavy atom. The lowest BCUT2D eigenvalue weighted by Crippen LogP contribution is -2.62. The van der Waals surface area contributed by atoms with Crippen LogP contribution in [0.1, 0.15) is 31.4 Å². The van der Waals surface area contributed by atoms with Crippen molar-refractivity contribution in [2.45, 2.75) is 43.4 Å². The summed E-state index contributed by atoms with van der Waals surface area (Å²) in [5.41, 5.74) is -1.16. The van der Waals surface area contributed by atoms with Crippen LogP contribution in [0.2, 0.25) is 0 Å². The van der Waals surface area contributed by atoms with E-state index in [1.54, 1.807) is 6.07 Å². The predicted octanol–water partition coefficient (Wildman–Crippen LogP) is 2.81. The lowest BCUT2D eigenvalue weighted by atomic mass is 9.63. The molecule has 1 saturated heterocycles. The molecule has 0 aromatic carbocycles. The highest BCUT2D eigenvalue weighted by molar-refractivity contribution is 5.31. The highest BCUT2D eigenvalue weighted by Crippen LogP contribution is 2.58. The van der Waals surface area contributed by atoms with Crippen LogP contribution in [-0.2, 0) is 5.41 Å². The number of alkyl halides is 3. The van der Waals surface area contributed by atoms with Crippen molar-refractivity contribution in [3.63, 3.8) is 0 Å². The molecule has 114 valence electrons. The molecule has 21 heavy (non-hydrogen) atoms. The van der Waals surface area contributed by atoms with E-state index in [0.29, 0.717) is 11.2 Å². The van der Waals surface area contributed by atoms with E-state index in [1.165, 1.54) is 12.3 Å². The molecule has 2 saturated carbocycles. The summed E-state index contributed by atoms with van der Waals surface area (Å²) in [4.78, 5) is 4.00. The molecule has 1 aromatic rings. The van der Waals surface area contributed by atoms with Gasteiger partial charge in [-0.25, -0.2) is 0 Å². The molecular formula is C15H17F3N2O. The van der Waals surface area contributed by atoms with Gasteiger partial charge in [0.05, 0.1) is 11.9 Å². The summed E-state index contributed by atoms with van der Waals surface area (Å²) in [6.07, 6.45) is -0.269. The molecule has 3 nitrogen and oxygen atoms in total. The maximum atomic E-state index is 13.0. The van der Waals surface area contributed by atoms with Gasteiger partial charge in [-0.15, -0.1) is 0 Å². The smallest absolute Gasteiger partial charge is 0.399 e. The summed E-state index contributed by atoms with van der Waals surface area (Å²) in [5.74, 6) is 0.573. The van der Waals surface area contributed by atoms with Crippen LogP contribution in [0.4, 0.5) is 13.2 Å². The highest BCUT2D eigenvalue weighted by Gasteiger charge is 2.65. The van der Waals surface area contributed by atoms with E-state index in [-0.39, 0.29) is 24.6 Å². The van der Waals surface area contributed by atoms with Crippen LogP contribution in [0.25, 0.3) is 0 Å². The second kappa shape index (κ2) is 4.12. The van der Waals surface area contributed by atoms with E-state index in [1.807, 2.05) is 0 Å². The van der Waals surface area contributed by atoms with E-state index in [0.717, 1.165) is 25.9 Å². The fourth-order valence-electron chi connectivity index (χ4n) is 3.49. The molecule has 4 rings (SSSR count). The van der Waals surface area contributed by atoms with Crippen molar-refractivity contribution in [3.05, 3.63) is 24.0 Å². The van der Waals surface area contributed by atoms with Gasteiger partial charge in [0.15, 0.2) is 0 Å². The van der Waals surface area contributed by atoms with Gasteiger partial charge in [-0.3, -0.25) is 4.98 Å². The fraction of sp³-hybridized carbons (Fsp3) is 0.667. The van der Waals surface area contributed by atoms with Crippen molar-refractivity contribution >= 4 is 0 Å². The molecule has 6 heteroatoms. The van der Waals surface area contributed by atoms with Crippen molar-refractivity contribution in [2.24, 2.45) is 5.41 Å². The molecule has 3 aliphatic rings. The number of pyridine rings is 1. The Morgan fingerprint density at radius 1 is 1.19 bits per heavy atom. The maximum absolute atomic E-state index is 13.0. The average Bonchev–Trinajstić information content (AvgIpc) is 3.12. The van der Waals surface area contributed by atoms with E-state index < -0.39 is 11.6 Å². The number of nitrogens with zero attached hydrogens (tertiary/aromatic N) is 1. The summed E-state index contributed by atoms with van der Waals surface area (Å²) in [5, 5.41) is 3.26. The second-order valence-electron chi connectivity index (χ2n) is 6.71. The molecule has 0 atom stereocenters. The minimum absolute atomic E-state index is 0.121. The first kappa shape index (κ1) is 13.4. The van der Waals surface area contributed by atoms with Crippen LogP contribution < -0.4 is 10.1 Å². The SMILES string of the molecule is FC(F)(F)C1(c2ccc(OC3CC4(CNC4)C3)cn2)CC1. The summed E-state index contributed by atoms with van der Waals surface area (Å²) in [7, 11) is 0. The molecule has 1 spiro atoms. The number of halogens is 3. The Bertz CT molecular complexity index is 539. The number of nitrogens with one attached hydrogen (secondary N) is 1. The van der Waals surface area contributed by atoms with E-state index in [4.69, 9.17) is 4.74 Å². The molecular weight excluding hydrogens is 281 g/mol. The monoisotopic (exact) mass is 298 g/mol. The number of hydrogen-bond acceptors (Lipinski definition) is 3. The van der Waals surface area contributed by atoms with E-state index in [2.05, 4.69) is 10.3 Å². The van der Waals surface area contributed by atoms with Gasteiger partial charge in [0.25, 0.3) is 0 Å². The van der Waals surface area contributed by atoms with E-state index in [9.17, 15) is 13.2 Å². The number of aromatic nitrogens is 1. The van der Waals surface area contributed by atoms with Gasteiger partial charge in [0.2, 0.25) is 0 Å². The normalized spacial score (nSPS) is 26.0. The standard InChI is InChI=1S/C15H17F3N2O/c16-15(17,18)14(3-4-14)12-2-1-10(7-20-12)21-11-5-13(6-11)8-19-9-13/h1-2,7,11,19H,3-6,8-9H2. The van der Waals surface area contributed by atoms with Crippen LogP contribution in [0, 0.1) is 5.41 Å². The first-order valence-electron chi connectivity index (χ1n) is 7.33. The Morgan fingerprint density at radius 3 is 2.33 bits per heavy atom. The zero-order valence-electron chi connectivity index (χ0n) is 11.5. The van der Waals surface area contributed by atoms with Gasteiger partial charge < -0.3 is 10.1 Å². The minimum Gasteiger partial charge on any atom is -0.489 e. The van der Waals surface area contributed by atoms with E-state index >= 15 is 0 Å². The first-order chi connectivity index (χ1) is 9.93. The molecule has 0 radical (unpaired) electrons. The third-order valence-corrected chi connectivity index (χ3v) is 5.14. The van der Waals surface area contributed by atoms with Gasteiger partial charge in [0, 0.05) is 18.5 Å². The molecule has 0 amide bonds. The van der Waals surface area contributed by atoms with Crippen molar-refractivity contribution in [1.29, 1.82) is 0 Å². The first-order valence-corrected chi connectivity index (χ1v) is 7.33. The predicted molar refractivity (Wildman–Crippen MR) is 70.2 cm³/mol. The fourth-order valence-corrected chi connectivity index (χ4v) is 3.49. The summed E-state index contributed by atoms with van der Waals surface area (Å²) in [6.45, 7) is 2.11. The van der Waals surface area contributed by atoms with Gasteiger partial charge in [-0.1, -0.05) is 0 Å². The van der Waals surface area contributed by atoms with Crippen LogP contribution >= 0.6 is 0 Å². The van der Waals surface area contributed by atoms with Crippen molar-refractivity contribution in [3.8, 4) is 5.75 Å². The zero-order chi connectivity index (χ0) is 14.7. The molecule has 0 unspecified atom stereocenters. The van der Waals surface area contributed by atoms with Gasteiger partial charge in [-0.2, -0.15) is 13.2 Å². The van der Waals surface area contributed by atoms with Gasteiger partial charge >= 0.3 is 6.18 Å². The van der Waals surface area contributed by atoms with Crippen LogP contribution in [-0.4, -0.2) is 30.4 Å². The van der Waals surface area contributed by atoms with Crippen molar-refractivity contribution in [2.75, 3.05) is 13.1 Å². The molecule has 1 aromatic heterocycles. The lowest BCUT2D eigenvalue weighted by molar-refractivity contribution is -0.161. The summed E-state index contributed by atoms with van der Waals surface area (Å²) < 4.78 is 44.8. The Balaban J connectivity index is 1.41. The topological polar surface area (TPSA) is 34.1 Å². The number of rotatable bonds is 3. The third kappa shape index (κ3) is 2.03. The van der Waals surface area contributed by atoms with Crippen LogP contribution in [0.5, 0.6) is 5.75 Å². The second-order valence-corrected chi connectivity index (χ2v) is 6.71. The Hall–Kier alpha value is -1.30. The van der Waals surface area contributed by atoms with Crippen molar-refractivity contribution in [1.82, 2.24) is 10.3 Å². The Kier molecular flexibility index (Phi) is 2.62. The summed E-state index contributed by atoms with van der Waals surface area (Å²) >= 11 is 0. The van der Waals surface area contributed by atoms with Gasteiger partial charge in [0.1, 0.15) is 17.3 Å². The molecule has 2 heterocycles. The largest absolute Gasteiger partial charge is 0.489 e. The van der Waals surface area contributed by atoms with Crippen LogP contribution in [0.3, 0.4) is 0 Å². The lowest BCUT2D eigenvalue weighted by Gasteiger charge is -2.53. The zero-order valence-corrected chi connectivity index (χ0v) is 11.5. The summed E-state index contributed by atoms with van der Waals surface area (Å²) in [6, 6.07) is 3.09. The number of hydrogen-bond donors (Lipinski definition) is 1.